The fourth-order valence-corrected chi connectivity index (χ4v) is 3.66. The summed E-state index contributed by atoms with van der Waals surface area (Å²) in [5.74, 6) is -0.00911. The van der Waals surface area contributed by atoms with E-state index >= 15 is 0 Å². The van der Waals surface area contributed by atoms with Crippen LogP contribution >= 0.6 is 11.3 Å². The quantitative estimate of drug-likeness (QED) is 0.722. The van der Waals surface area contributed by atoms with E-state index in [4.69, 9.17) is 0 Å². The minimum absolute atomic E-state index is 0.00911. The Balaban J connectivity index is 2.09. The van der Waals surface area contributed by atoms with Crippen LogP contribution in [0.25, 0.3) is 15.9 Å². The van der Waals surface area contributed by atoms with E-state index in [1.54, 1.807) is 24.4 Å². The maximum Gasteiger partial charge on any atom is 0.266 e. The van der Waals surface area contributed by atoms with Crippen molar-refractivity contribution in [1.29, 1.82) is 0 Å². The summed E-state index contributed by atoms with van der Waals surface area (Å²) in [5.41, 5.74) is 0.475. The van der Waals surface area contributed by atoms with E-state index in [2.05, 4.69) is 18.8 Å². The predicted octanol–water partition coefficient (Wildman–Crippen LogP) is 3.17. The zero-order valence-corrected chi connectivity index (χ0v) is 14.1. The van der Waals surface area contributed by atoms with Gasteiger partial charge in [-0.15, -0.1) is 11.3 Å². The summed E-state index contributed by atoms with van der Waals surface area (Å²) in [6.45, 7) is 5.58. The van der Waals surface area contributed by atoms with Gasteiger partial charge in [-0.05, 0) is 31.0 Å². The molecule has 0 aromatic carbocycles. The molecule has 0 aliphatic carbocycles. The largest absolute Gasteiger partial charge is 0.338 e. The van der Waals surface area contributed by atoms with Gasteiger partial charge in [-0.1, -0.05) is 19.9 Å². The number of rotatable bonds is 5. The van der Waals surface area contributed by atoms with Gasteiger partial charge < -0.3 is 4.90 Å². The summed E-state index contributed by atoms with van der Waals surface area (Å²) in [5, 5.41) is 0.509. The van der Waals surface area contributed by atoms with Crippen molar-refractivity contribution in [2.75, 3.05) is 13.1 Å². The van der Waals surface area contributed by atoms with Gasteiger partial charge in [0.25, 0.3) is 11.5 Å². The molecule has 0 atom stereocenters. The van der Waals surface area contributed by atoms with Gasteiger partial charge in [-0.25, -0.2) is 4.98 Å². The number of hydrogen-bond donors (Lipinski definition) is 0. The Labute approximate surface area is 138 Å². The molecule has 0 bridgehead atoms. The molecule has 120 valence electrons. The molecule has 3 aromatic rings. The Bertz CT molecular complexity index is 907. The highest BCUT2D eigenvalue weighted by molar-refractivity contribution is 7.20. The summed E-state index contributed by atoms with van der Waals surface area (Å²) in [6, 6.07) is 7.13. The van der Waals surface area contributed by atoms with Crippen LogP contribution in [0.5, 0.6) is 0 Å². The van der Waals surface area contributed by atoms with E-state index in [0.717, 1.165) is 25.9 Å². The first-order valence-electron chi connectivity index (χ1n) is 7.86. The number of thiophene rings is 1. The van der Waals surface area contributed by atoms with Crippen LogP contribution in [-0.2, 0) is 0 Å². The number of nitrogens with zero attached hydrogens (tertiary/aromatic N) is 3. The molecule has 1 amide bonds. The van der Waals surface area contributed by atoms with Crippen molar-refractivity contribution < 1.29 is 4.79 Å². The molecule has 6 heteroatoms. The topological polar surface area (TPSA) is 54.7 Å². The molecule has 3 heterocycles. The Hall–Kier alpha value is -2.21. The second kappa shape index (κ2) is 6.50. The minimum Gasteiger partial charge on any atom is -0.338 e. The third-order valence-electron chi connectivity index (χ3n) is 3.70. The van der Waals surface area contributed by atoms with Gasteiger partial charge in [0.15, 0.2) is 0 Å². The van der Waals surface area contributed by atoms with E-state index in [0.29, 0.717) is 20.7 Å². The molecule has 0 spiro atoms. The first-order valence-corrected chi connectivity index (χ1v) is 8.67. The predicted molar refractivity (Wildman–Crippen MR) is 93.3 cm³/mol. The van der Waals surface area contributed by atoms with Gasteiger partial charge in [-0.3, -0.25) is 14.0 Å². The van der Waals surface area contributed by atoms with Crippen molar-refractivity contribution in [3.8, 4) is 0 Å². The van der Waals surface area contributed by atoms with Crippen LogP contribution in [0.3, 0.4) is 0 Å². The molecule has 3 aromatic heterocycles. The molecule has 23 heavy (non-hydrogen) atoms. The monoisotopic (exact) mass is 329 g/mol. The number of fused-ring (bicyclic) bond motifs is 2. The Kier molecular flexibility index (Phi) is 4.43. The van der Waals surface area contributed by atoms with Crippen LogP contribution in [0.2, 0.25) is 0 Å². The normalized spacial score (nSPS) is 11.2. The van der Waals surface area contributed by atoms with Crippen molar-refractivity contribution in [1.82, 2.24) is 14.3 Å². The van der Waals surface area contributed by atoms with Crippen LogP contribution < -0.4 is 5.56 Å². The maximum atomic E-state index is 12.7. The summed E-state index contributed by atoms with van der Waals surface area (Å²) in [6.07, 6.45) is 3.53. The average Bonchev–Trinajstić information content (AvgIpc) is 2.98. The van der Waals surface area contributed by atoms with Gasteiger partial charge in [0, 0.05) is 19.3 Å². The molecule has 0 N–H and O–H groups in total. The van der Waals surface area contributed by atoms with E-state index in [1.807, 2.05) is 11.0 Å². The van der Waals surface area contributed by atoms with E-state index < -0.39 is 0 Å². The van der Waals surface area contributed by atoms with Crippen LogP contribution in [-0.4, -0.2) is 33.3 Å². The zero-order chi connectivity index (χ0) is 16.4. The van der Waals surface area contributed by atoms with Gasteiger partial charge in [-0.2, -0.15) is 0 Å². The molecule has 0 aliphatic rings. The highest BCUT2D eigenvalue weighted by Crippen LogP contribution is 2.23. The lowest BCUT2D eigenvalue weighted by Gasteiger charge is -2.20. The SMILES string of the molecule is CCCN(CCC)C(=O)c1cc2c(=O)n3ccccc3nc2s1. The van der Waals surface area contributed by atoms with Gasteiger partial charge in [0.2, 0.25) is 0 Å². The third kappa shape index (κ3) is 2.86. The smallest absolute Gasteiger partial charge is 0.266 e. The molecular formula is C17H19N3O2S. The molecule has 0 saturated carbocycles. The van der Waals surface area contributed by atoms with Crippen molar-refractivity contribution in [2.45, 2.75) is 26.7 Å². The molecule has 0 fully saturated rings. The first kappa shape index (κ1) is 15.7. The summed E-state index contributed by atoms with van der Waals surface area (Å²) >= 11 is 1.30. The van der Waals surface area contributed by atoms with Crippen LogP contribution in [0.1, 0.15) is 36.4 Å². The number of hydrogen-bond acceptors (Lipinski definition) is 4. The van der Waals surface area contributed by atoms with Crippen molar-refractivity contribution in [3.05, 3.63) is 45.7 Å². The van der Waals surface area contributed by atoms with E-state index in [9.17, 15) is 9.59 Å². The Morgan fingerprint density at radius 3 is 2.70 bits per heavy atom. The van der Waals surface area contributed by atoms with Gasteiger partial charge in [0.1, 0.15) is 10.5 Å². The standard InChI is InChI=1S/C17H19N3O2S/c1-3-8-19(9-4-2)17(22)13-11-12-15(23-13)18-14-7-5-6-10-20(14)16(12)21/h5-7,10-11H,3-4,8-9H2,1-2H3. The molecular weight excluding hydrogens is 310 g/mol. The van der Waals surface area contributed by atoms with Gasteiger partial charge in [0.05, 0.1) is 10.3 Å². The minimum atomic E-state index is -0.126. The Morgan fingerprint density at radius 2 is 2.00 bits per heavy atom. The number of pyridine rings is 1. The second-order valence-electron chi connectivity index (χ2n) is 5.47. The lowest BCUT2D eigenvalue weighted by molar-refractivity contribution is 0.0760. The zero-order valence-electron chi connectivity index (χ0n) is 13.3. The van der Waals surface area contributed by atoms with Gasteiger partial charge >= 0.3 is 0 Å². The highest BCUT2D eigenvalue weighted by atomic mass is 32.1. The van der Waals surface area contributed by atoms with Crippen LogP contribution in [0, 0.1) is 0 Å². The first-order chi connectivity index (χ1) is 11.2. The highest BCUT2D eigenvalue weighted by Gasteiger charge is 2.19. The average molecular weight is 329 g/mol. The number of carbonyl (C=O) groups is 1. The van der Waals surface area contributed by atoms with Crippen molar-refractivity contribution >= 4 is 33.1 Å². The molecule has 0 unspecified atom stereocenters. The molecule has 0 saturated heterocycles. The maximum absolute atomic E-state index is 12.7. The lowest BCUT2D eigenvalue weighted by atomic mass is 10.3. The number of amides is 1. The summed E-state index contributed by atoms with van der Waals surface area (Å²) < 4.78 is 1.51. The summed E-state index contributed by atoms with van der Waals surface area (Å²) in [7, 11) is 0. The van der Waals surface area contributed by atoms with E-state index in [-0.39, 0.29) is 11.5 Å². The van der Waals surface area contributed by atoms with Crippen molar-refractivity contribution in [2.24, 2.45) is 0 Å². The summed E-state index contributed by atoms with van der Waals surface area (Å²) in [4.78, 5) is 32.8. The molecule has 5 nitrogen and oxygen atoms in total. The molecule has 3 rings (SSSR count). The lowest BCUT2D eigenvalue weighted by Crippen LogP contribution is -2.31. The van der Waals surface area contributed by atoms with E-state index in [1.165, 1.54) is 15.7 Å². The Morgan fingerprint density at radius 1 is 1.26 bits per heavy atom. The molecule has 0 radical (unpaired) electrons. The van der Waals surface area contributed by atoms with Crippen LogP contribution in [0.4, 0.5) is 0 Å². The number of aromatic nitrogens is 2. The third-order valence-corrected chi connectivity index (χ3v) is 4.72. The molecule has 0 aliphatic heterocycles. The fraction of sp³-hybridized carbons (Fsp3) is 0.353. The van der Waals surface area contributed by atoms with Crippen molar-refractivity contribution in [3.63, 3.8) is 0 Å². The second-order valence-corrected chi connectivity index (χ2v) is 6.50. The van der Waals surface area contributed by atoms with Crippen LogP contribution in [0.15, 0.2) is 35.3 Å². The number of carbonyl (C=O) groups excluding carboxylic acids is 1. The fourth-order valence-electron chi connectivity index (χ4n) is 2.66.